The van der Waals surface area contributed by atoms with Gasteiger partial charge < -0.3 is 10.6 Å². The van der Waals surface area contributed by atoms with Gasteiger partial charge >= 0.3 is 0 Å². The second kappa shape index (κ2) is 8.53. The number of hydrogen-bond acceptors (Lipinski definition) is 3. The molecular formula is C17H20N4O2. The average Bonchev–Trinajstić information content (AvgIpc) is 2.59. The van der Waals surface area contributed by atoms with E-state index in [0.717, 1.165) is 13.0 Å². The number of nitro benzene ring substituents is 1. The lowest BCUT2D eigenvalue weighted by Crippen LogP contribution is -2.37. The number of nitro groups is 1. The van der Waals surface area contributed by atoms with Gasteiger partial charge in [0, 0.05) is 31.8 Å². The molecule has 0 radical (unpaired) electrons. The normalized spacial score (nSPS) is 11.1. The number of rotatable bonds is 6. The fourth-order valence-electron chi connectivity index (χ4n) is 2.21. The summed E-state index contributed by atoms with van der Waals surface area (Å²) < 4.78 is 0. The first kappa shape index (κ1) is 16.5. The van der Waals surface area contributed by atoms with Gasteiger partial charge in [-0.1, -0.05) is 48.5 Å². The monoisotopic (exact) mass is 312 g/mol. The summed E-state index contributed by atoms with van der Waals surface area (Å²) in [5.41, 5.74) is 1.98. The first-order valence-corrected chi connectivity index (χ1v) is 7.41. The second-order valence-electron chi connectivity index (χ2n) is 4.97. The third-order valence-electron chi connectivity index (χ3n) is 3.41. The van der Waals surface area contributed by atoms with E-state index in [1.807, 2.05) is 18.2 Å². The Morgan fingerprint density at radius 1 is 1.09 bits per heavy atom. The molecule has 0 amide bonds. The van der Waals surface area contributed by atoms with Crippen molar-refractivity contribution in [3.8, 4) is 0 Å². The molecule has 23 heavy (non-hydrogen) atoms. The van der Waals surface area contributed by atoms with Crippen LogP contribution in [0.15, 0.2) is 59.6 Å². The zero-order chi connectivity index (χ0) is 16.5. The standard InChI is InChI=1S/C17H20N4O2/c1-18-17(19-12-11-14-7-3-2-4-8-14)20-13-15-9-5-6-10-16(15)21(22)23/h2-10H,11-13H2,1H3,(H2,18,19,20). The maximum absolute atomic E-state index is 11.0. The summed E-state index contributed by atoms with van der Waals surface area (Å²) in [6, 6.07) is 16.9. The summed E-state index contributed by atoms with van der Waals surface area (Å²) in [5.74, 6) is 0.624. The molecule has 0 saturated carbocycles. The van der Waals surface area contributed by atoms with Gasteiger partial charge in [0.15, 0.2) is 5.96 Å². The molecule has 6 nitrogen and oxygen atoms in total. The van der Waals surface area contributed by atoms with Crippen LogP contribution >= 0.6 is 0 Å². The van der Waals surface area contributed by atoms with Crippen molar-refractivity contribution in [1.29, 1.82) is 0 Å². The van der Waals surface area contributed by atoms with Crippen molar-refractivity contribution < 1.29 is 4.92 Å². The van der Waals surface area contributed by atoms with Crippen LogP contribution in [0.3, 0.4) is 0 Å². The topological polar surface area (TPSA) is 79.6 Å². The van der Waals surface area contributed by atoms with E-state index < -0.39 is 0 Å². The van der Waals surface area contributed by atoms with Crippen molar-refractivity contribution in [2.75, 3.05) is 13.6 Å². The third kappa shape index (κ3) is 5.10. The Balaban J connectivity index is 1.85. The molecule has 2 N–H and O–H groups in total. The van der Waals surface area contributed by atoms with E-state index in [9.17, 15) is 10.1 Å². The van der Waals surface area contributed by atoms with Crippen LogP contribution in [0.2, 0.25) is 0 Å². The summed E-state index contributed by atoms with van der Waals surface area (Å²) in [4.78, 5) is 14.8. The Labute approximate surface area is 135 Å². The van der Waals surface area contributed by atoms with E-state index in [1.165, 1.54) is 11.6 Å². The summed E-state index contributed by atoms with van der Waals surface area (Å²) in [6.07, 6.45) is 0.882. The SMILES string of the molecule is CN=C(NCCc1ccccc1)NCc1ccccc1[N+](=O)[O-]. The highest BCUT2D eigenvalue weighted by Gasteiger charge is 2.12. The summed E-state index contributed by atoms with van der Waals surface area (Å²) >= 11 is 0. The predicted octanol–water partition coefficient (Wildman–Crippen LogP) is 2.50. The molecule has 0 aromatic heterocycles. The molecule has 0 spiro atoms. The molecule has 0 heterocycles. The number of hydrogen-bond donors (Lipinski definition) is 2. The van der Waals surface area contributed by atoms with Crippen LogP contribution < -0.4 is 10.6 Å². The molecule has 0 unspecified atom stereocenters. The Hall–Kier alpha value is -2.89. The number of para-hydroxylation sites is 1. The van der Waals surface area contributed by atoms with Crippen molar-refractivity contribution >= 4 is 11.6 Å². The molecule has 0 atom stereocenters. The van der Waals surface area contributed by atoms with E-state index in [0.29, 0.717) is 18.1 Å². The van der Waals surface area contributed by atoms with E-state index in [1.54, 1.807) is 25.2 Å². The third-order valence-corrected chi connectivity index (χ3v) is 3.41. The van der Waals surface area contributed by atoms with Gasteiger partial charge in [0.2, 0.25) is 0 Å². The average molecular weight is 312 g/mol. The highest BCUT2D eigenvalue weighted by molar-refractivity contribution is 5.79. The van der Waals surface area contributed by atoms with E-state index >= 15 is 0 Å². The molecule has 2 aromatic rings. The fourth-order valence-corrected chi connectivity index (χ4v) is 2.21. The van der Waals surface area contributed by atoms with Crippen LogP contribution in [-0.2, 0) is 13.0 Å². The van der Waals surface area contributed by atoms with Gasteiger partial charge in [-0.3, -0.25) is 15.1 Å². The second-order valence-corrected chi connectivity index (χ2v) is 4.97. The Bertz CT molecular complexity index is 671. The fraction of sp³-hybridized carbons (Fsp3) is 0.235. The van der Waals surface area contributed by atoms with Crippen molar-refractivity contribution in [2.24, 2.45) is 4.99 Å². The number of nitrogens with one attached hydrogen (secondary N) is 2. The number of nitrogens with zero attached hydrogens (tertiary/aromatic N) is 2. The Morgan fingerprint density at radius 2 is 1.78 bits per heavy atom. The van der Waals surface area contributed by atoms with Crippen LogP contribution in [-0.4, -0.2) is 24.5 Å². The minimum atomic E-state index is -0.372. The van der Waals surface area contributed by atoms with Gasteiger partial charge in [-0.15, -0.1) is 0 Å². The molecular weight excluding hydrogens is 292 g/mol. The van der Waals surface area contributed by atoms with Gasteiger partial charge in [0.1, 0.15) is 0 Å². The molecule has 0 aliphatic rings. The summed E-state index contributed by atoms with van der Waals surface area (Å²) in [6.45, 7) is 1.09. The van der Waals surface area contributed by atoms with Crippen molar-refractivity contribution in [2.45, 2.75) is 13.0 Å². The minimum Gasteiger partial charge on any atom is -0.356 e. The molecule has 2 aromatic carbocycles. The lowest BCUT2D eigenvalue weighted by atomic mass is 10.1. The van der Waals surface area contributed by atoms with Gasteiger partial charge in [-0.25, -0.2) is 0 Å². The summed E-state index contributed by atoms with van der Waals surface area (Å²) in [7, 11) is 1.68. The maximum Gasteiger partial charge on any atom is 0.274 e. The molecule has 0 saturated heterocycles. The lowest BCUT2D eigenvalue weighted by Gasteiger charge is -2.12. The van der Waals surface area contributed by atoms with E-state index in [2.05, 4.69) is 27.8 Å². The first-order chi connectivity index (χ1) is 11.2. The molecule has 120 valence electrons. The van der Waals surface area contributed by atoms with Crippen LogP contribution in [0, 0.1) is 10.1 Å². The molecule has 0 aliphatic carbocycles. The van der Waals surface area contributed by atoms with Gasteiger partial charge in [-0.05, 0) is 12.0 Å². The predicted molar refractivity (Wildman–Crippen MR) is 91.4 cm³/mol. The van der Waals surface area contributed by atoms with Crippen LogP contribution in [0.1, 0.15) is 11.1 Å². The van der Waals surface area contributed by atoms with E-state index in [4.69, 9.17) is 0 Å². The highest BCUT2D eigenvalue weighted by atomic mass is 16.6. The van der Waals surface area contributed by atoms with Crippen molar-refractivity contribution in [3.63, 3.8) is 0 Å². The van der Waals surface area contributed by atoms with Crippen LogP contribution in [0.4, 0.5) is 5.69 Å². The van der Waals surface area contributed by atoms with E-state index in [-0.39, 0.29) is 10.6 Å². The van der Waals surface area contributed by atoms with Crippen LogP contribution in [0.5, 0.6) is 0 Å². The van der Waals surface area contributed by atoms with Gasteiger partial charge in [0.25, 0.3) is 5.69 Å². The zero-order valence-corrected chi connectivity index (χ0v) is 13.0. The summed E-state index contributed by atoms with van der Waals surface area (Å²) in [5, 5.41) is 17.3. The number of benzene rings is 2. The highest BCUT2D eigenvalue weighted by Crippen LogP contribution is 2.16. The van der Waals surface area contributed by atoms with Crippen molar-refractivity contribution in [1.82, 2.24) is 10.6 Å². The van der Waals surface area contributed by atoms with Crippen molar-refractivity contribution in [3.05, 3.63) is 75.8 Å². The van der Waals surface area contributed by atoms with Gasteiger partial charge in [-0.2, -0.15) is 0 Å². The Kier molecular flexibility index (Phi) is 6.11. The smallest absolute Gasteiger partial charge is 0.274 e. The Morgan fingerprint density at radius 3 is 2.48 bits per heavy atom. The quantitative estimate of drug-likeness (QED) is 0.372. The molecule has 2 rings (SSSR count). The zero-order valence-electron chi connectivity index (χ0n) is 13.0. The molecule has 0 bridgehead atoms. The minimum absolute atomic E-state index is 0.111. The molecule has 0 aliphatic heterocycles. The van der Waals surface area contributed by atoms with Crippen LogP contribution in [0.25, 0.3) is 0 Å². The molecule has 0 fully saturated rings. The maximum atomic E-state index is 11.0. The largest absolute Gasteiger partial charge is 0.356 e. The first-order valence-electron chi connectivity index (χ1n) is 7.41. The number of aliphatic imine (C=N–C) groups is 1. The molecule has 6 heteroatoms. The number of guanidine groups is 1. The van der Waals surface area contributed by atoms with Gasteiger partial charge in [0.05, 0.1) is 4.92 Å². The lowest BCUT2D eigenvalue weighted by molar-refractivity contribution is -0.385.